The van der Waals surface area contributed by atoms with Crippen molar-refractivity contribution in [1.29, 1.82) is 0 Å². The summed E-state index contributed by atoms with van der Waals surface area (Å²) in [5, 5.41) is 2.74. The van der Waals surface area contributed by atoms with E-state index in [1.54, 1.807) is 30.0 Å². The Labute approximate surface area is 155 Å². The van der Waals surface area contributed by atoms with E-state index in [2.05, 4.69) is 10.1 Å². The monoisotopic (exact) mass is 374 g/mol. The molecule has 1 N–H and O–H groups in total. The summed E-state index contributed by atoms with van der Waals surface area (Å²) in [5.41, 5.74) is 1.90. The van der Waals surface area contributed by atoms with Crippen LogP contribution in [0, 0.1) is 6.92 Å². The molecule has 0 saturated carbocycles. The fraction of sp³-hybridized carbons (Fsp3) is 0.300. The maximum atomic E-state index is 12.6. The SMILES string of the molecule is Cc1c(NC(=O)c2cccc(OC(F)F)c2)cccc1C(=O)N1CCCC1. The van der Waals surface area contributed by atoms with Gasteiger partial charge in [0.15, 0.2) is 0 Å². The van der Waals surface area contributed by atoms with Gasteiger partial charge in [-0.1, -0.05) is 12.1 Å². The minimum Gasteiger partial charge on any atom is -0.435 e. The van der Waals surface area contributed by atoms with Crippen molar-refractivity contribution in [2.45, 2.75) is 26.4 Å². The van der Waals surface area contributed by atoms with E-state index in [1.807, 2.05) is 0 Å². The quantitative estimate of drug-likeness (QED) is 0.858. The Hall–Kier alpha value is -2.96. The summed E-state index contributed by atoms with van der Waals surface area (Å²) in [7, 11) is 0. The second kappa shape index (κ2) is 8.16. The standard InChI is InChI=1S/C20H20F2N2O3/c1-13-16(19(26)24-10-2-3-11-24)8-5-9-17(13)23-18(25)14-6-4-7-15(12-14)27-20(21)22/h4-9,12,20H,2-3,10-11H2,1H3,(H,23,25). The van der Waals surface area contributed by atoms with Gasteiger partial charge in [0.25, 0.3) is 11.8 Å². The van der Waals surface area contributed by atoms with Crippen molar-refractivity contribution in [3.8, 4) is 5.75 Å². The van der Waals surface area contributed by atoms with Gasteiger partial charge in [0.1, 0.15) is 5.75 Å². The van der Waals surface area contributed by atoms with Crippen LogP contribution < -0.4 is 10.1 Å². The van der Waals surface area contributed by atoms with Gasteiger partial charge in [-0.15, -0.1) is 0 Å². The van der Waals surface area contributed by atoms with E-state index >= 15 is 0 Å². The molecule has 0 spiro atoms. The Morgan fingerprint density at radius 2 is 1.81 bits per heavy atom. The van der Waals surface area contributed by atoms with E-state index in [1.165, 1.54) is 24.3 Å². The number of hydrogen-bond donors (Lipinski definition) is 1. The van der Waals surface area contributed by atoms with E-state index in [0.29, 0.717) is 16.8 Å². The van der Waals surface area contributed by atoms with E-state index in [4.69, 9.17) is 0 Å². The summed E-state index contributed by atoms with van der Waals surface area (Å²) in [6, 6.07) is 10.7. The molecule has 0 atom stereocenters. The van der Waals surface area contributed by atoms with E-state index in [0.717, 1.165) is 25.9 Å². The average molecular weight is 374 g/mol. The molecule has 2 aromatic carbocycles. The number of carbonyl (C=O) groups is 2. The fourth-order valence-corrected chi connectivity index (χ4v) is 3.10. The van der Waals surface area contributed by atoms with Gasteiger partial charge in [-0.3, -0.25) is 9.59 Å². The molecule has 1 saturated heterocycles. The van der Waals surface area contributed by atoms with Crippen molar-refractivity contribution < 1.29 is 23.1 Å². The summed E-state index contributed by atoms with van der Waals surface area (Å²) in [6.45, 7) is 0.297. The minimum atomic E-state index is -2.96. The molecule has 1 fully saturated rings. The molecule has 5 nitrogen and oxygen atoms in total. The van der Waals surface area contributed by atoms with Crippen molar-refractivity contribution >= 4 is 17.5 Å². The van der Waals surface area contributed by atoms with E-state index in [9.17, 15) is 18.4 Å². The van der Waals surface area contributed by atoms with Crippen LogP contribution in [0.2, 0.25) is 0 Å². The van der Waals surface area contributed by atoms with Crippen molar-refractivity contribution in [3.63, 3.8) is 0 Å². The summed E-state index contributed by atoms with van der Waals surface area (Å²) in [5.74, 6) is -0.607. The maximum Gasteiger partial charge on any atom is 0.387 e. The number of benzene rings is 2. The lowest BCUT2D eigenvalue weighted by molar-refractivity contribution is -0.0498. The van der Waals surface area contributed by atoms with E-state index in [-0.39, 0.29) is 17.2 Å². The number of halogens is 2. The first-order valence-corrected chi connectivity index (χ1v) is 8.71. The van der Waals surface area contributed by atoms with Crippen LogP contribution in [0.25, 0.3) is 0 Å². The van der Waals surface area contributed by atoms with Gasteiger partial charge in [0.2, 0.25) is 0 Å². The highest BCUT2D eigenvalue weighted by Gasteiger charge is 2.22. The van der Waals surface area contributed by atoms with E-state index < -0.39 is 12.5 Å². The number of rotatable bonds is 5. The summed E-state index contributed by atoms with van der Waals surface area (Å²) < 4.78 is 29.0. The second-order valence-electron chi connectivity index (χ2n) is 6.34. The van der Waals surface area contributed by atoms with Crippen LogP contribution in [0.4, 0.5) is 14.5 Å². The lowest BCUT2D eigenvalue weighted by atomic mass is 10.0. The molecule has 0 radical (unpaired) electrons. The van der Waals surface area contributed by atoms with Gasteiger partial charge >= 0.3 is 6.61 Å². The Bertz CT molecular complexity index is 849. The van der Waals surface area contributed by atoms with Crippen LogP contribution in [0.3, 0.4) is 0 Å². The minimum absolute atomic E-state index is 0.0478. The predicted octanol–water partition coefficient (Wildman–Crippen LogP) is 4.08. The number of alkyl halides is 2. The van der Waals surface area contributed by atoms with Gasteiger partial charge in [-0.2, -0.15) is 8.78 Å². The first-order chi connectivity index (χ1) is 13.0. The molecule has 2 amide bonds. The first kappa shape index (κ1) is 18.8. The fourth-order valence-electron chi connectivity index (χ4n) is 3.10. The van der Waals surface area contributed by atoms with Crippen molar-refractivity contribution in [1.82, 2.24) is 4.90 Å². The topological polar surface area (TPSA) is 58.6 Å². The number of hydrogen-bond acceptors (Lipinski definition) is 3. The Morgan fingerprint density at radius 1 is 1.11 bits per heavy atom. The van der Waals surface area contributed by atoms with Crippen LogP contribution >= 0.6 is 0 Å². The highest BCUT2D eigenvalue weighted by Crippen LogP contribution is 2.23. The van der Waals surface area contributed by atoms with Crippen molar-refractivity contribution in [3.05, 3.63) is 59.2 Å². The molecule has 0 aromatic heterocycles. The van der Waals surface area contributed by atoms with Crippen LogP contribution in [0.15, 0.2) is 42.5 Å². The smallest absolute Gasteiger partial charge is 0.387 e. The lowest BCUT2D eigenvalue weighted by Crippen LogP contribution is -2.28. The molecule has 2 aromatic rings. The lowest BCUT2D eigenvalue weighted by Gasteiger charge is -2.18. The molecule has 0 unspecified atom stereocenters. The molecule has 27 heavy (non-hydrogen) atoms. The summed E-state index contributed by atoms with van der Waals surface area (Å²) >= 11 is 0. The normalized spacial score (nSPS) is 13.7. The average Bonchev–Trinajstić information content (AvgIpc) is 3.17. The Morgan fingerprint density at radius 3 is 2.52 bits per heavy atom. The maximum absolute atomic E-state index is 12.6. The number of carbonyl (C=O) groups excluding carboxylic acids is 2. The summed E-state index contributed by atoms with van der Waals surface area (Å²) in [6.07, 6.45) is 2.00. The number of amides is 2. The largest absolute Gasteiger partial charge is 0.435 e. The van der Waals surface area contributed by atoms with Crippen molar-refractivity contribution in [2.24, 2.45) is 0 Å². The molecular weight excluding hydrogens is 354 g/mol. The molecule has 7 heteroatoms. The highest BCUT2D eigenvalue weighted by molar-refractivity contribution is 6.06. The Kier molecular flexibility index (Phi) is 5.69. The molecule has 1 heterocycles. The summed E-state index contributed by atoms with van der Waals surface area (Å²) in [4.78, 5) is 26.9. The van der Waals surface area contributed by atoms with Gasteiger partial charge < -0.3 is 15.0 Å². The van der Waals surface area contributed by atoms with Crippen LogP contribution in [0.1, 0.15) is 39.1 Å². The zero-order chi connectivity index (χ0) is 19.4. The molecule has 3 rings (SSSR count). The molecule has 1 aliphatic rings. The van der Waals surface area contributed by atoms with Gasteiger partial charge in [-0.05, 0) is 55.7 Å². The number of likely N-dealkylation sites (tertiary alicyclic amines) is 1. The number of ether oxygens (including phenoxy) is 1. The molecule has 0 aliphatic carbocycles. The molecule has 142 valence electrons. The van der Waals surface area contributed by atoms with Gasteiger partial charge in [-0.25, -0.2) is 0 Å². The molecular formula is C20H20F2N2O3. The van der Waals surface area contributed by atoms with Gasteiger partial charge in [0, 0.05) is 29.9 Å². The zero-order valence-electron chi connectivity index (χ0n) is 14.9. The van der Waals surface area contributed by atoms with Crippen molar-refractivity contribution in [2.75, 3.05) is 18.4 Å². The first-order valence-electron chi connectivity index (χ1n) is 8.71. The van der Waals surface area contributed by atoms with Crippen LogP contribution in [-0.4, -0.2) is 36.4 Å². The van der Waals surface area contributed by atoms with Gasteiger partial charge in [0.05, 0.1) is 0 Å². The predicted molar refractivity (Wildman–Crippen MR) is 97.3 cm³/mol. The third-order valence-corrected chi connectivity index (χ3v) is 4.53. The Balaban J connectivity index is 1.78. The second-order valence-corrected chi connectivity index (χ2v) is 6.34. The van der Waals surface area contributed by atoms with Crippen LogP contribution in [0.5, 0.6) is 5.75 Å². The van der Waals surface area contributed by atoms with Crippen LogP contribution in [-0.2, 0) is 0 Å². The number of nitrogens with zero attached hydrogens (tertiary/aromatic N) is 1. The zero-order valence-corrected chi connectivity index (χ0v) is 14.9. The third kappa shape index (κ3) is 4.42. The highest BCUT2D eigenvalue weighted by atomic mass is 19.3. The molecule has 1 aliphatic heterocycles. The number of anilines is 1. The third-order valence-electron chi connectivity index (χ3n) is 4.53. The molecule has 0 bridgehead atoms. The number of nitrogens with one attached hydrogen (secondary N) is 1.